The molecule has 2 saturated heterocycles. The fraction of sp³-hybridized carbons (Fsp3) is 0.375. The van der Waals surface area contributed by atoms with Crippen LogP contribution in [0.1, 0.15) is 22.3 Å². The van der Waals surface area contributed by atoms with Crippen LogP contribution in [-0.4, -0.2) is 60.2 Å². The lowest BCUT2D eigenvalue weighted by atomic mass is 10.0. The molecule has 2 aromatic carbocycles. The van der Waals surface area contributed by atoms with Crippen molar-refractivity contribution in [3.63, 3.8) is 0 Å². The van der Waals surface area contributed by atoms with Crippen LogP contribution in [0.5, 0.6) is 0 Å². The number of carbonyl (C=O) groups excluding carboxylic acids is 3. The Kier molecular flexibility index (Phi) is 6.32. The third kappa shape index (κ3) is 5.11. The van der Waals surface area contributed by atoms with Crippen molar-refractivity contribution in [3.05, 3.63) is 65.7 Å². The molecule has 2 aliphatic heterocycles. The van der Waals surface area contributed by atoms with Crippen molar-refractivity contribution in [3.8, 4) is 0 Å². The lowest BCUT2D eigenvalue weighted by Gasteiger charge is -2.22. The van der Waals surface area contributed by atoms with Crippen LogP contribution in [0.4, 0.5) is 5.69 Å². The van der Waals surface area contributed by atoms with Gasteiger partial charge in [-0.1, -0.05) is 30.3 Å². The molecule has 2 aliphatic rings. The Morgan fingerprint density at radius 1 is 0.903 bits per heavy atom. The van der Waals surface area contributed by atoms with E-state index in [0.717, 1.165) is 45.6 Å². The molecule has 0 bridgehead atoms. The fourth-order valence-electron chi connectivity index (χ4n) is 4.66. The number of carbonyl (C=O) groups is 3. The number of nitrogens with zero attached hydrogens (tertiary/aromatic N) is 2. The van der Waals surface area contributed by atoms with Crippen LogP contribution in [0.15, 0.2) is 54.6 Å². The molecule has 3 N–H and O–H groups in total. The number of rotatable bonds is 6. The van der Waals surface area contributed by atoms with Crippen LogP contribution < -0.4 is 11.1 Å². The summed E-state index contributed by atoms with van der Waals surface area (Å²) in [5.74, 6) is -0.833. The van der Waals surface area contributed by atoms with Gasteiger partial charge in [0.2, 0.25) is 0 Å². The number of hydrogen-bond donors (Lipinski definition) is 2. The molecule has 1 unspecified atom stereocenters. The number of likely N-dealkylation sites (tertiary alicyclic amines) is 2. The van der Waals surface area contributed by atoms with Gasteiger partial charge in [-0.2, -0.15) is 0 Å². The Morgan fingerprint density at radius 3 is 2.16 bits per heavy atom. The Hall–Kier alpha value is -3.19. The largest absolute Gasteiger partial charge is 0.361 e. The van der Waals surface area contributed by atoms with E-state index in [1.807, 2.05) is 4.90 Å². The molecule has 4 rings (SSSR count). The lowest BCUT2D eigenvalue weighted by Crippen LogP contribution is -2.33. The van der Waals surface area contributed by atoms with Crippen LogP contribution >= 0.6 is 0 Å². The molecule has 2 heterocycles. The fourth-order valence-corrected chi connectivity index (χ4v) is 4.66. The first kappa shape index (κ1) is 21.1. The number of primary amides is 1. The molecular weight excluding hydrogens is 392 g/mol. The number of hydrogen-bond acceptors (Lipinski definition) is 4. The van der Waals surface area contributed by atoms with E-state index in [2.05, 4.69) is 40.5 Å². The van der Waals surface area contributed by atoms with Crippen LogP contribution in [0.25, 0.3) is 0 Å². The Morgan fingerprint density at radius 2 is 1.55 bits per heavy atom. The zero-order valence-corrected chi connectivity index (χ0v) is 17.5. The van der Waals surface area contributed by atoms with E-state index in [4.69, 9.17) is 5.73 Å². The minimum absolute atomic E-state index is 0.0119. The Bertz CT molecular complexity index is 931. The summed E-state index contributed by atoms with van der Waals surface area (Å²) in [6, 6.07) is 17.2. The zero-order valence-electron chi connectivity index (χ0n) is 17.5. The second-order valence-corrected chi connectivity index (χ2v) is 8.47. The highest BCUT2D eigenvalue weighted by Crippen LogP contribution is 2.32. The van der Waals surface area contributed by atoms with Crippen molar-refractivity contribution in [1.82, 2.24) is 9.80 Å². The summed E-state index contributed by atoms with van der Waals surface area (Å²) in [6.45, 7) is 4.80. The topological polar surface area (TPSA) is 95.7 Å². The van der Waals surface area contributed by atoms with Gasteiger partial charge in [-0.15, -0.1) is 0 Å². The van der Waals surface area contributed by atoms with E-state index >= 15 is 0 Å². The maximum absolute atomic E-state index is 12.9. The van der Waals surface area contributed by atoms with E-state index in [9.17, 15) is 14.4 Å². The first-order chi connectivity index (χ1) is 15.0. The zero-order chi connectivity index (χ0) is 21.8. The van der Waals surface area contributed by atoms with E-state index < -0.39 is 11.8 Å². The predicted octanol–water partition coefficient (Wildman–Crippen LogP) is 1.75. The van der Waals surface area contributed by atoms with Crippen molar-refractivity contribution in [1.29, 1.82) is 0 Å². The maximum Gasteiger partial charge on any atom is 0.313 e. The van der Waals surface area contributed by atoms with Gasteiger partial charge in [0.15, 0.2) is 0 Å². The number of anilines is 1. The number of fused-ring (bicyclic) bond motifs is 1. The van der Waals surface area contributed by atoms with Gasteiger partial charge in [0.1, 0.15) is 0 Å². The molecule has 2 aromatic rings. The minimum atomic E-state index is -1.04. The summed E-state index contributed by atoms with van der Waals surface area (Å²) in [5, 5.41) is 2.40. The van der Waals surface area contributed by atoms with Gasteiger partial charge in [0, 0.05) is 37.4 Å². The summed E-state index contributed by atoms with van der Waals surface area (Å²) in [7, 11) is 0. The SMILES string of the molecule is NC(=O)C(=O)Nc1ccc(C(=O)N2CC3CN(CCCc4ccccc4)C[C@H]3C2)cc1. The highest BCUT2D eigenvalue weighted by molar-refractivity contribution is 6.39. The lowest BCUT2D eigenvalue weighted by molar-refractivity contribution is -0.134. The monoisotopic (exact) mass is 420 g/mol. The normalized spacial score (nSPS) is 20.5. The number of aryl methyl sites for hydroxylation is 1. The molecule has 0 radical (unpaired) electrons. The van der Waals surface area contributed by atoms with E-state index in [1.165, 1.54) is 5.56 Å². The van der Waals surface area contributed by atoms with Crippen LogP contribution in [0.2, 0.25) is 0 Å². The summed E-state index contributed by atoms with van der Waals surface area (Å²) < 4.78 is 0. The predicted molar refractivity (Wildman–Crippen MR) is 118 cm³/mol. The number of nitrogens with two attached hydrogens (primary N) is 1. The second kappa shape index (κ2) is 9.31. The molecule has 7 heteroatoms. The summed E-state index contributed by atoms with van der Waals surface area (Å²) in [6.07, 6.45) is 2.26. The first-order valence-electron chi connectivity index (χ1n) is 10.8. The third-order valence-corrected chi connectivity index (χ3v) is 6.25. The Labute approximate surface area is 182 Å². The molecule has 162 valence electrons. The quantitative estimate of drug-likeness (QED) is 0.696. The third-order valence-electron chi connectivity index (χ3n) is 6.25. The van der Waals surface area contributed by atoms with Crippen molar-refractivity contribution in [2.24, 2.45) is 17.6 Å². The highest BCUT2D eigenvalue weighted by atomic mass is 16.2. The average molecular weight is 421 g/mol. The van der Waals surface area contributed by atoms with Gasteiger partial charge in [0.25, 0.3) is 5.91 Å². The Balaban J connectivity index is 1.24. The standard InChI is InChI=1S/C24H28N4O3/c25-22(29)23(30)26-21-10-8-18(9-11-21)24(31)28-15-19-13-27(14-20(19)16-28)12-4-7-17-5-2-1-3-6-17/h1-3,5-6,8-11,19-20H,4,7,12-16H2,(H2,25,29)(H,26,30)/t19-,20?/m0/s1. The molecule has 0 saturated carbocycles. The number of amides is 3. The van der Waals surface area contributed by atoms with Crippen molar-refractivity contribution in [2.45, 2.75) is 12.8 Å². The van der Waals surface area contributed by atoms with Gasteiger partial charge in [-0.05, 0) is 61.1 Å². The molecule has 0 aliphatic carbocycles. The van der Waals surface area contributed by atoms with Gasteiger partial charge in [0.05, 0.1) is 0 Å². The van der Waals surface area contributed by atoms with Gasteiger partial charge in [-0.3, -0.25) is 14.4 Å². The van der Waals surface area contributed by atoms with Crippen LogP contribution in [0, 0.1) is 11.8 Å². The van der Waals surface area contributed by atoms with E-state index in [1.54, 1.807) is 24.3 Å². The molecule has 2 atom stereocenters. The molecule has 3 amide bonds. The van der Waals surface area contributed by atoms with Crippen LogP contribution in [-0.2, 0) is 16.0 Å². The van der Waals surface area contributed by atoms with Crippen LogP contribution in [0.3, 0.4) is 0 Å². The van der Waals surface area contributed by atoms with Crippen molar-refractivity contribution >= 4 is 23.4 Å². The smallest absolute Gasteiger partial charge is 0.313 e. The number of benzene rings is 2. The maximum atomic E-state index is 12.9. The molecule has 0 spiro atoms. The van der Waals surface area contributed by atoms with Crippen molar-refractivity contribution < 1.29 is 14.4 Å². The van der Waals surface area contributed by atoms with Gasteiger partial charge < -0.3 is 20.9 Å². The van der Waals surface area contributed by atoms with E-state index in [0.29, 0.717) is 23.1 Å². The molecule has 0 aromatic heterocycles. The summed E-state index contributed by atoms with van der Waals surface area (Å²) in [5.41, 5.74) is 7.34. The van der Waals surface area contributed by atoms with E-state index in [-0.39, 0.29) is 5.91 Å². The molecule has 7 nitrogen and oxygen atoms in total. The first-order valence-corrected chi connectivity index (χ1v) is 10.8. The minimum Gasteiger partial charge on any atom is -0.361 e. The molecule has 31 heavy (non-hydrogen) atoms. The summed E-state index contributed by atoms with van der Waals surface area (Å²) in [4.78, 5) is 39.5. The number of nitrogens with one attached hydrogen (secondary N) is 1. The van der Waals surface area contributed by atoms with Gasteiger partial charge in [-0.25, -0.2) is 0 Å². The summed E-state index contributed by atoms with van der Waals surface area (Å²) >= 11 is 0. The van der Waals surface area contributed by atoms with Crippen molar-refractivity contribution in [2.75, 3.05) is 38.0 Å². The second-order valence-electron chi connectivity index (χ2n) is 8.47. The molecular formula is C24H28N4O3. The van der Waals surface area contributed by atoms with Gasteiger partial charge >= 0.3 is 11.8 Å². The molecule has 2 fully saturated rings. The highest BCUT2D eigenvalue weighted by Gasteiger charge is 2.41. The average Bonchev–Trinajstić information content (AvgIpc) is 3.33.